The van der Waals surface area contributed by atoms with Crippen molar-refractivity contribution in [2.75, 3.05) is 11.2 Å². The molecule has 0 aliphatic heterocycles. The van der Waals surface area contributed by atoms with E-state index in [4.69, 9.17) is 11.6 Å². The maximum Gasteiger partial charge on any atom is 0.273 e. The van der Waals surface area contributed by atoms with Gasteiger partial charge in [0, 0.05) is 6.07 Å². The summed E-state index contributed by atoms with van der Waals surface area (Å²) in [7, 11) is 0. The summed E-state index contributed by atoms with van der Waals surface area (Å²) in [6, 6.07) is 10.4. The summed E-state index contributed by atoms with van der Waals surface area (Å²) in [5.41, 5.74) is 0.449. The fourth-order valence-corrected chi connectivity index (χ4v) is 1.48. The highest BCUT2D eigenvalue weighted by atomic mass is 35.5. The number of nitrogens with one attached hydrogen (secondary N) is 2. The molecule has 1 aromatic carbocycles. The van der Waals surface area contributed by atoms with Crippen molar-refractivity contribution in [2.24, 2.45) is 0 Å². The Labute approximate surface area is 102 Å². The number of carbonyl (C=O) groups excluding carboxylic acids is 1. The van der Waals surface area contributed by atoms with Crippen molar-refractivity contribution in [2.45, 2.75) is 0 Å². The molecule has 17 heavy (non-hydrogen) atoms. The van der Waals surface area contributed by atoms with Crippen molar-refractivity contribution >= 4 is 23.3 Å². The third-order valence-electron chi connectivity index (χ3n) is 2.13. The molecule has 5 nitrogen and oxygen atoms in total. The van der Waals surface area contributed by atoms with Crippen LogP contribution < -0.4 is 10.9 Å². The van der Waals surface area contributed by atoms with E-state index in [-0.39, 0.29) is 17.3 Å². The molecular formula is C11H10ClN3O2. The maximum atomic E-state index is 11.7. The SMILES string of the molecule is O=C(CCl)Nc1cc(=O)n(-c2ccccc2)[nH]1. The number of nitrogens with zero attached hydrogens (tertiary/aromatic N) is 1. The van der Waals surface area contributed by atoms with Crippen molar-refractivity contribution < 1.29 is 4.79 Å². The van der Waals surface area contributed by atoms with E-state index in [0.717, 1.165) is 0 Å². The van der Waals surface area contributed by atoms with Crippen LogP contribution in [-0.2, 0) is 4.79 Å². The normalized spacial score (nSPS) is 10.2. The second-order valence-corrected chi connectivity index (χ2v) is 3.63. The maximum absolute atomic E-state index is 11.7. The molecule has 2 rings (SSSR count). The van der Waals surface area contributed by atoms with E-state index in [1.54, 1.807) is 12.1 Å². The number of hydrogen-bond donors (Lipinski definition) is 2. The summed E-state index contributed by atoms with van der Waals surface area (Å²) in [5, 5.41) is 5.25. The molecule has 0 aliphatic rings. The Morgan fingerprint density at radius 2 is 2.06 bits per heavy atom. The van der Waals surface area contributed by atoms with Crippen molar-refractivity contribution in [3.05, 3.63) is 46.8 Å². The van der Waals surface area contributed by atoms with E-state index in [0.29, 0.717) is 11.5 Å². The zero-order valence-corrected chi connectivity index (χ0v) is 9.57. The van der Waals surface area contributed by atoms with Crippen LogP contribution >= 0.6 is 11.6 Å². The van der Waals surface area contributed by atoms with Crippen molar-refractivity contribution in [3.63, 3.8) is 0 Å². The Morgan fingerprint density at radius 3 is 2.71 bits per heavy atom. The molecule has 0 radical (unpaired) electrons. The van der Waals surface area contributed by atoms with Crippen LogP contribution in [0.1, 0.15) is 0 Å². The predicted molar refractivity (Wildman–Crippen MR) is 65.7 cm³/mol. The smallest absolute Gasteiger partial charge is 0.273 e. The fraction of sp³-hybridized carbons (Fsp3) is 0.0909. The molecule has 1 amide bonds. The van der Waals surface area contributed by atoms with E-state index in [9.17, 15) is 9.59 Å². The predicted octanol–water partition coefficient (Wildman–Crippen LogP) is 1.34. The van der Waals surface area contributed by atoms with Crippen LogP contribution in [0.2, 0.25) is 0 Å². The highest BCUT2D eigenvalue weighted by Crippen LogP contribution is 2.05. The van der Waals surface area contributed by atoms with Crippen LogP contribution in [0.5, 0.6) is 0 Å². The van der Waals surface area contributed by atoms with Gasteiger partial charge >= 0.3 is 0 Å². The zero-order valence-electron chi connectivity index (χ0n) is 8.81. The number of amides is 1. The number of anilines is 1. The van der Waals surface area contributed by atoms with Crippen LogP contribution in [0.4, 0.5) is 5.82 Å². The van der Waals surface area contributed by atoms with Gasteiger partial charge in [0.05, 0.1) is 5.69 Å². The molecule has 0 saturated heterocycles. The number of para-hydroxylation sites is 1. The second kappa shape index (κ2) is 4.88. The largest absolute Gasteiger partial charge is 0.310 e. The third kappa shape index (κ3) is 2.57. The highest BCUT2D eigenvalue weighted by molar-refractivity contribution is 6.28. The quantitative estimate of drug-likeness (QED) is 0.809. The third-order valence-corrected chi connectivity index (χ3v) is 2.37. The lowest BCUT2D eigenvalue weighted by Gasteiger charge is -2.01. The van der Waals surface area contributed by atoms with Crippen molar-refractivity contribution in [1.82, 2.24) is 9.78 Å². The summed E-state index contributed by atoms with van der Waals surface area (Å²) in [6.45, 7) is 0. The minimum absolute atomic E-state index is 0.154. The molecule has 6 heteroatoms. The Morgan fingerprint density at radius 1 is 1.35 bits per heavy atom. The van der Waals surface area contributed by atoms with Crippen LogP contribution in [0.25, 0.3) is 5.69 Å². The highest BCUT2D eigenvalue weighted by Gasteiger charge is 2.06. The van der Waals surface area contributed by atoms with E-state index < -0.39 is 0 Å². The number of hydrogen-bond acceptors (Lipinski definition) is 2. The molecule has 0 unspecified atom stereocenters. The van der Waals surface area contributed by atoms with Gasteiger partial charge in [-0.3, -0.25) is 14.7 Å². The van der Waals surface area contributed by atoms with Gasteiger partial charge < -0.3 is 5.32 Å². The number of aromatic amines is 1. The minimum Gasteiger partial charge on any atom is -0.310 e. The van der Waals surface area contributed by atoms with Gasteiger partial charge in [-0.15, -0.1) is 11.6 Å². The van der Waals surface area contributed by atoms with Gasteiger partial charge in [0.15, 0.2) is 0 Å². The Hall–Kier alpha value is -2.01. The summed E-state index contributed by atoms with van der Waals surface area (Å²) in [6.07, 6.45) is 0. The molecule has 2 aromatic rings. The standard InChI is InChI=1S/C11H10ClN3O2/c12-7-10(16)13-9-6-11(17)15(14-9)8-4-2-1-3-5-8/h1-6,14H,7H2,(H,13,16). The molecule has 1 aromatic heterocycles. The first-order chi connectivity index (χ1) is 8.20. The van der Waals surface area contributed by atoms with E-state index in [2.05, 4.69) is 10.4 Å². The molecule has 0 atom stereocenters. The lowest BCUT2D eigenvalue weighted by atomic mass is 10.3. The van der Waals surface area contributed by atoms with Crippen LogP contribution in [0, 0.1) is 0 Å². The van der Waals surface area contributed by atoms with Crippen molar-refractivity contribution in [3.8, 4) is 5.69 Å². The van der Waals surface area contributed by atoms with E-state index >= 15 is 0 Å². The van der Waals surface area contributed by atoms with Gasteiger partial charge in [0.2, 0.25) is 5.91 Å². The zero-order chi connectivity index (χ0) is 12.3. The molecule has 2 N–H and O–H groups in total. The first kappa shape index (κ1) is 11.5. The first-order valence-electron chi connectivity index (χ1n) is 4.94. The van der Waals surface area contributed by atoms with Crippen LogP contribution in [-0.4, -0.2) is 21.6 Å². The summed E-state index contributed by atoms with van der Waals surface area (Å²) in [4.78, 5) is 22.7. The average molecular weight is 252 g/mol. The first-order valence-corrected chi connectivity index (χ1v) is 5.47. The second-order valence-electron chi connectivity index (χ2n) is 3.36. The molecule has 0 saturated carbocycles. The number of aromatic nitrogens is 2. The molecule has 0 fully saturated rings. The minimum atomic E-state index is -0.367. The van der Waals surface area contributed by atoms with E-state index in [1.165, 1.54) is 10.7 Å². The fourth-order valence-electron chi connectivity index (χ4n) is 1.41. The van der Waals surface area contributed by atoms with Crippen LogP contribution in [0.15, 0.2) is 41.2 Å². The van der Waals surface area contributed by atoms with Gasteiger partial charge in [-0.25, -0.2) is 4.68 Å². The summed E-state index contributed by atoms with van der Waals surface area (Å²) in [5.74, 6) is -0.198. The van der Waals surface area contributed by atoms with Gasteiger partial charge in [-0.2, -0.15) is 0 Å². The van der Waals surface area contributed by atoms with Gasteiger partial charge in [-0.1, -0.05) is 18.2 Å². The van der Waals surface area contributed by atoms with Gasteiger partial charge in [0.1, 0.15) is 11.7 Å². The molecular weight excluding hydrogens is 242 g/mol. The average Bonchev–Trinajstić information content (AvgIpc) is 2.71. The summed E-state index contributed by atoms with van der Waals surface area (Å²) < 4.78 is 1.34. The van der Waals surface area contributed by atoms with Gasteiger partial charge in [0.25, 0.3) is 5.56 Å². The van der Waals surface area contributed by atoms with Gasteiger partial charge in [-0.05, 0) is 12.1 Å². The lowest BCUT2D eigenvalue weighted by Crippen LogP contribution is -2.14. The monoisotopic (exact) mass is 251 g/mol. The molecule has 0 spiro atoms. The van der Waals surface area contributed by atoms with Crippen molar-refractivity contribution in [1.29, 1.82) is 0 Å². The Bertz CT molecular complexity index is 574. The number of benzene rings is 1. The number of alkyl halides is 1. The molecule has 0 aliphatic carbocycles. The number of halogens is 1. The van der Waals surface area contributed by atoms with E-state index in [1.807, 2.05) is 18.2 Å². The van der Waals surface area contributed by atoms with Crippen LogP contribution in [0.3, 0.4) is 0 Å². The molecule has 88 valence electrons. The number of H-pyrrole nitrogens is 1. The lowest BCUT2D eigenvalue weighted by molar-refractivity contribution is -0.113. The number of rotatable bonds is 3. The molecule has 0 bridgehead atoms. The Kier molecular flexibility index (Phi) is 3.30. The Balaban J connectivity index is 2.32. The molecule has 1 heterocycles. The number of carbonyl (C=O) groups is 1. The topological polar surface area (TPSA) is 66.9 Å². The summed E-state index contributed by atoms with van der Waals surface area (Å²) >= 11 is 5.35.